The average molecular weight is 296 g/mol. The van der Waals surface area contributed by atoms with Gasteiger partial charge in [0.25, 0.3) is 10.0 Å². The van der Waals surface area contributed by atoms with Gasteiger partial charge in [0, 0.05) is 19.6 Å². The Kier molecular flexibility index (Phi) is 3.53. The smallest absolute Gasteiger partial charge is 0.260 e. The Balaban J connectivity index is 1.72. The number of H-pyrrole nitrogens is 1. The second kappa shape index (κ2) is 5.33. The van der Waals surface area contributed by atoms with Gasteiger partial charge < -0.3 is 4.98 Å². The molecule has 1 N–H and O–H groups in total. The quantitative estimate of drug-likeness (QED) is 0.863. The molecule has 3 heterocycles. The summed E-state index contributed by atoms with van der Waals surface area (Å²) in [7, 11) is -3.46. The summed E-state index contributed by atoms with van der Waals surface area (Å²) in [5.74, 6) is 0.253. The zero-order valence-corrected chi connectivity index (χ0v) is 11.7. The molecule has 1 aliphatic heterocycles. The number of rotatable bonds is 4. The SMILES string of the molecule is O=S(=O)(c1cnc[nH]1)N1CCCC(Cn2cncn2)C1. The highest BCUT2D eigenvalue weighted by Crippen LogP contribution is 2.23. The van der Waals surface area contributed by atoms with E-state index in [0.29, 0.717) is 19.6 Å². The fourth-order valence-electron chi connectivity index (χ4n) is 2.51. The first-order valence-electron chi connectivity index (χ1n) is 6.47. The monoisotopic (exact) mass is 296 g/mol. The van der Waals surface area contributed by atoms with Crippen molar-refractivity contribution in [1.29, 1.82) is 0 Å². The van der Waals surface area contributed by atoms with Crippen LogP contribution in [0.5, 0.6) is 0 Å². The van der Waals surface area contributed by atoms with E-state index in [1.807, 2.05) is 0 Å². The topological polar surface area (TPSA) is 96.8 Å². The van der Waals surface area contributed by atoms with Gasteiger partial charge in [-0.05, 0) is 18.8 Å². The third-order valence-corrected chi connectivity index (χ3v) is 5.28. The number of sulfonamides is 1. The van der Waals surface area contributed by atoms with Crippen LogP contribution in [0.15, 0.2) is 30.2 Å². The fourth-order valence-corrected chi connectivity index (χ4v) is 3.96. The second-order valence-electron chi connectivity index (χ2n) is 4.90. The lowest BCUT2D eigenvalue weighted by Gasteiger charge is -2.31. The van der Waals surface area contributed by atoms with Crippen LogP contribution in [0, 0.1) is 5.92 Å². The van der Waals surface area contributed by atoms with Gasteiger partial charge in [0.2, 0.25) is 0 Å². The predicted octanol–water partition coefficient (Wildman–Crippen LogP) is 0.102. The van der Waals surface area contributed by atoms with Gasteiger partial charge in [-0.15, -0.1) is 0 Å². The summed E-state index contributed by atoms with van der Waals surface area (Å²) in [4.78, 5) is 10.3. The number of aromatic amines is 1. The summed E-state index contributed by atoms with van der Waals surface area (Å²) in [5.41, 5.74) is 0. The summed E-state index contributed by atoms with van der Waals surface area (Å²) in [6.07, 6.45) is 7.71. The molecule has 0 spiro atoms. The van der Waals surface area contributed by atoms with Crippen molar-refractivity contribution in [3.05, 3.63) is 25.2 Å². The molecule has 0 aliphatic carbocycles. The molecule has 2 aromatic rings. The molecule has 0 bridgehead atoms. The van der Waals surface area contributed by atoms with E-state index < -0.39 is 10.0 Å². The Morgan fingerprint density at radius 2 is 2.30 bits per heavy atom. The zero-order chi connectivity index (χ0) is 14.0. The van der Waals surface area contributed by atoms with E-state index in [9.17, 15) is 8.42 Å². The van der Waals surface area contributed by atoms with Crippen LogP contribution in [0.4, 0.5) is 0 Å². The lowest BCUT2D eigenvalue weighted by Crippen LogP contribution is -2.41. The Bertz CT molecular complexity index is 637. The average Bonchev–Trinajstić information content (AvgIpc) is 3.12. The van der Waals surface area contributed by atoms with Gasteiger partial charge in [-0.2, -0.15) is 9.40 Å². The van der Waals surface area contributed by atoms with Crippen LogP contribution >= 0.6 is 0 Å². The second-order valence-corrected chi connectivity index (χ2v) is 6.81. The standard InChI is InChI=1S/C11H16N6O2S/c18-20(19,11-4-12-7-14-11)17-3-1-2-10(6-17)5-16-9-13-8-15-16/h4,7-10H,1-3,5-6H2,(H,12,14). The zero-order valence-electron chi connectivity index (χ0n) is 10.9. The minimum Gasteiger partial charge on any atom is -0.335 e. The molecule has 1 unspecified atom stereocenters. The minimum absolute atomic E-state index is 0.152. The third kappa shape index (κ3) is 2.59. The van der Waals surface area contributed by atoms with Crippen molar-refractivity contribution in [2.75, 3.05) is 13.1 Å². The maximum atomic E-state index is 12.4. The molecule has 20 heavy (non-hydrogen) atoms. The van der Waals surface area contributed by atoms with Crippen LogP contribution in [-0.2, 0) is 16.6 Å². The van der Waals surface area contributed by atoms with Crippen LogP contribution in [0.1, 0.15) is 12.8 Å². The number of nitrogens with one attached hydrogen (secondary N) is 1. The first kappa shape index (κ1) is 13.3. The number of piperidine rings is 1. The van der Waals surface area contributed by atoms with Gasteiger partial charge in [-0.1, -0.05) is 0 Å². The number of nitrogens with zero attached hydrogens (tertiary/aromatic N) is 5. The molecule has 8 nitrogen and oxygen atoms in total. The van der Waals surface area contributed by atoms with E-state index in [1.54, 1.807) is 11.0 Å². The first-order valence-corrected chi connectivity index (χ1v) is 7.91. The van der Waals surface area contributed by atoms with Gasteiger partial charge in [-0.3, -0.25) is 4.68 Å². The summed E-state index contributed by atoms with van der Waals surface area (Å²) >= 11 is 0. The van der Waals surface area contributed by atoms with Crippen LogP contribution < -0.4 is 0 Å². The maximum Gasteiger partial charge on any atom is 0.260 e. The van der Waals surface area contributed by atoms with Crippen molar-refractivity contribution in [2.45, 2.75) is 24.4 Å². The molecule has 0 aromatic carbocycles. The Morgan fingerprint density at radius 1 is 1.40 bits per heavy atom. The van der Waals surface area contributed by atoms with Gasteiger partial charge in [-0.25, -0.2) is 18.4 Å². The Morgan fingerprint density at radius 3 is 3.00 bits per heavy atom. The molecule has 3 rings (SSSR count). The molecular formula is C11H16N6O2S. The van der Waals surface area contributed by atoms with Crippen molar-refractivity contribution in [2.24, 2.45) is 5.92 Å². The molecular weight excluding hydrogens is 280 g/mol. The van der Waals surface area contributed by atoms with Crippen molar-refractivity contribution in [3.8, 4) is 0 Å². The van der Waals surface area contributed by atoms with E-state index in [1.165, 1.54) is 23.2 Å². The molecule has 1 fully saturated rings. The molecule has 1 aliphatic rings. The molecule has 0 radical (unpaired) electrons. The molecule has 1 saturated heterocycles. The first-order chi connectivity index (χ1) is 9.66. The molecule has 2 aromatic heterocycles. The highest BCUT2D eigenvalue weighted by molar-refractivity contribution is 7.89. The van der Waals surface area contributed by atoms with E-state index >= 15 is 0 Å². The van der Waals surface area contributed by atoms with Crippen molar-refractivity contribution in [1.82, 2.24) is 29.0 Å². The van der Waals surface area contributed by atoms with Gasteiger partial charge >= 0.3 is 0 Å². The molecule has 0 saturated carbocycles. The van der Waals surface area contributed by atoms with E-state index in [4.69, 9.17) is 0 Å². The summed E-state index contributed by atoms with van der Waals surface area (Å²) in [6.45, 7) is 1.74. The van der Waals surface area contributed by atoms with E-state index in [0.717, 1.165) is 12.8 Å². The molecule has 0 amide bonds. The summed E-state index contributed by atoms with van der Waals surface area (Å²) in [6, 6.07) is 0. The van der Waals surface area contributed by atoms with Crippen molar-refractivity contribution < 1.29 is 8.42 Å². The highest BCUT2D eigenvalue weighted by Gasteiger charge is 2.31. The van der Waals surface area contributed by atoms with Gasteiger partial charge in [0.1, 0.15) is 12.7 Å². The van der Waals surface area contributed by atoms with Crippen LogP contribution in [-0.4, -0.2) is 50.5 Å². The van der Waals surface area contributed by atoms with Crippen LogP contribution in [0.2, 0.25) is 0 Å². The number of imidazole rings is 1. The van der Waals surface area contributed by atoms with Crippen LogP contribution in [0.3, 0.4) is 0 Å². The fraction of sp³-hybridized carbons (Fsp3) is 0.545. The van der Waals surface area contributed by atoms with Gasteiger partial charge in [0.05, 0.1) is 12.5 Å². The third-order valence-electron chi connectivity index (χ3n) is 3.48. The summed E-state index contributed by atoms with van der Waals surface area (Å²) in [5, 5.41) is 4.22. The molecule has 1 atom stereocenters. The summed E-state index contributed by atoms with van der Waals surface area (Å²) < 4.78 is 28.1. The maximum absolute atomic E-state index is 12.4. The highest BCUT2D eigenvalue weighted by atomic mass is 32.2. The minimum atomic E-state index is -3.46. The predicted molar refractivity (Wildman–Crippen MR) is 70.1 cm³/mol. The lowest BCUT2D eigenvalue weighted by molar-refractivity contribution is 0.239. The normalized spacial score (nSPS) is 21.1. The largest absolute Gasteiger partial charge is 0.335 e. The number of aromatic nitrogens is 5. The number of hydrogen-bond donors (Lipinski definition) is 1. The lowest BCUT2D eigenvalue weighted by atomic mass is 10.00. The Labute approximate surface area is 116 Å². The van der Waals surface area contributed by atoms with Crippen molar-refractivity contribution >= 4 is 10.0 Å². The number of hydrogen-bond acceptors (Lipinski definition) is 5. The molecule has 108 valence electrons. The Hall–Kier alpha value is -1.74. The van der Waals surface area contributed by atoms with Crippen LogP contribution in [0.25, 0.3) is 0 Å². The van der Waals surface area contributed by atoms with E-state index in [2.05, 4.69) is 20.1 Å². The molecule has 9 heteroatoms. The van der Waals surface area contributed by atoms with E-state index in [-0.39, 0.29) is 10.9 Å². The van der Waals surface area contributed by atoms with Gasteiger partial charge in [0.15, 0.2) is 5.03 Å². The van der Waals surface area contributed by atoms with Crippen molar-refractivity contribution in [3.63, 3.8) is 0 Å².